The van der Waals surface area contributed by atoms with Crippen LogP contribution in [0.1, 0.15) is 38.2 Å². The lowest BCUT2D eigenvalue weighted by atomic mass is 9.94. The van der Waals surface area contributed by atoms with Crippen LogP contribution in [0.15, 0.2) is 30.3 Å². The Hall–Kier alpha value is -0.910. The number of piperidine rings is 2. The highest BCUT2D eigenvalue weighted by molar-refractivity contribution is 7.88. The summed E-state index contributed by atoms with van der Waals surface area (Å²) in [6, 6.07) is 9.50. The summed E-state index contributed by atoms with van der Waals surface area (Å²) in [6.45, 7) is 7.29. The number of sulfonamides is 1. The fourth-order valence-corrected chi connectivity index (χ4v) is 5.63. The Kier molecular flexibility index (Phi) is 5.95. The minimum absolute atomic E-state index is 0.127. The molecule has 134 valence electrons. The quantitative estimate of drug-likeness (QED) is 0.820. The predicted molar refractivity (Wildman–Crippen MR) is 98.2 cm³/mol. The number of nitrogens with zero attached hydrogens (tertiary/aromatic N) is 2. The van der Waals surface area contributed by atoms with E-state index >= 15 is 0 Å². The van der Waals surface area contributed by atoms with Gasteiger partial charge >= 0.3 is 0 Å². The van der Waals surface area contributed by atoms with E-state index in [1.54, 1.807) is 4.31 Å². The largest absolute Gasteiger partial charge is 0.303 e. The fourth-order valence-electron chi connectivity index (χ4n) is 4.06. The van der Waals surface area contributed by atoms with Gasteiger partial charge in [-0.1, -0.05) is 37.3 Å². The zero-order chi connectivity index (χ0) is 17.0. The summed E-state index contributed by atoms with van der Waals surface area (Å²) < 4.78 is 26.9. The number of benzene rings is 1. The lowest BCUT2D eigenvalue weighted by molar-refractivity contribution is 0.136. The van der Waals surface area contributed by atoms with Crippen molar-refractivity contribution in [1.29, 1.82) is 0 Å². The van der Waals surface area contributed by atoms with Crippen molar-refractivity contribution in [2.75, 3.05) is 32.7 Å². The molecule has 0 spiro atoms. The van der Waals surface area contributed by atoms with Crippen LogP contribution >= 0.6 is 0 Å². The predicted octanol–water partition coefficient (Wildman–Crippen LogP) is 2.96. The Morgan fingerprint density at radius 2 is 1.75 bits per heavy atom. The van der Waals surface area contributed by atoms with E-state index in [-0.39, 0.29) is 5.75 Å². The molecule has 0 amide bonds. The van der Waals surface area contributed by atoms with Gasteiger partial charge in [0.25, 0.3) is 0 Å². The Balaban J connectivity index is 1.49. The maximum absolute atomic E-state index is 12.6. The van der Waals surface area contributed by atoms with E-state index in [1.807, 2.05) is 30.3 Å². The molecule has 3 rings (SSSR count). The Labute approximate surface area is 146 Å². The summed E-state index contributed by atoms with van der Waals surface area (Å²) >= 11 is 0. The van der Waals surface area contributed by atoms with Crippen molar-refractivity contribution in [1.82, 2.24) is 9.21 Å². The van der Waals surface area contributed by atoms with E-state index in [1.165, 1.54) is 25.9 Å². The third-order valence-electron chi connectivity index (χ3n) is 5.42. The molecule has 1 aromatic rings. The van der Waals surface area contributed by atoms with Gasteiger partial charge in [-0.3, -0.25) is 0 Å². The highest BCUT2D eigenvalue weighted by Crippen LogP contribution is 2.24. The van der Waals surface area contributed by atoms with Gasteiger partial charge in [-0.15, -0.1) is 0 Å². The van der Waals surface area contributed by atoms with E-state index in [2.05, 4.69) is 11.8 Å². The van der Waals surface area contributed by atoms with E-state index in [4.69, 9.17) is 0 Å². The first-order valence-corrected chi connectivity index (χ1v) is 10.9. The molecule has 2 aliphatic heterocycles. The molecule has 24 heavy (non-hydrogen) atoms. The molecule has 0 saturated carbocycles. The molecule has 0 bridgehead atoms. The maximum atomic E-state index is 12.6. The van der Waals surface area contributed by atoms with Crippen LogP contribution in [0, 0.1) is 11.8 Å². The van der Waals surface area contributed by atoms with Gasteiger partial charge in [-0.05, 0) is 49.6 Å². The molecular weight excluding hydrogens is 320 g/mol. The van der Waals surface area contributed by atoms with Gasteiger partial charge in [0.2, 0.25) is 10.0 Å². The molecule has 5 heteroatoms. The van der Waals surface area contributed by atoms with Crippen molar-refractivity contribution in [3.63, 3.8) is 0 Å². The Morgan fingerprint density at radius 1 is 1.04 bits per heavy atom. The fraction of sp³-hybridized carbons (Fsp3) is 0.684. The number of hydrogen-bond acceptors (Lipinski definition) is 3. The van der Waals surface area contributed by atoms with Crippen molar-refractivity contribution in [3.8, 4) is 0 Å². The van der Waals surface area contributed by atoms with Gasteiger partial charge in [-0.25, -0.2) is 12.7 Å². The van der Waals surface area contributed by atoms with Crippen LogP contribution in [0.2, 0.25) is 0 Å². The summed E-state index contributed by atoms with van der Waals surface area (Å²) in [5.41, 5.74) is 0.877. The third kappa shape index (κ3) is 4.80. The molecule has 0 radical (unpaired) electrons. The summed E-state index contributed by atoms with van der Waals surface area (Å²) in [7, 11) is -3.18. The van der Waals surface area contributed by atoms with E-state index in [9.17, 15) is 8.42 Å². The standard InChI is InChI=1S/C19H30N2O2S/c1-17-6-5-11-20(14-17)15-18-9-12-21(13-10-18)24(22,23)16-19-7-3-2-4-8-19/h2-4,7-8,17-18H,5-6,9-16H2,1H3/t17-/m0/s1. The van der Waals surface area contributed by atoms with Crippen molar-refractivity contribution in [3.05, 3.63) is 35.9 Å². The lowest BCUT2D eigenvalue weighted by Gasteiger charge is -2.37. The SMILES string of the molecule is C[C@H]1CCCN(CC2CCN(S(=O)(=O)Cc3ccccc3)CC2)C1. The minimum atomic E-state index is -3.18. The van der Waals surface area contributed by atoms with Gasteiger partial charge in [0, 0.05) is 26.2 Å². The molecular formula is C19H30N2O2S. The molecule has 2 saturated heterocycles. The van der Waals surface area contributed by atoms with Crippen LogP contribution in [0.4, 0.5) is 0 Å². The second-order valence-corrected chi connectivity index (χ2v) is 9.56. The zero-order valence-electron chi connectivity index (χ0n) is 14.7. The van der Waals surface area contributed by atoms with E-state index in [0.717, 1.165) is 30.9 Å². The number of hydrogen-bond donors (Lipinski definition) is 0. The van der Waals surface area contributed by atoms with Crippen molar-refractivity contribution in [2.24, 2.45) is 11.8 Å². The average Bonchev–Trinajstić information content (AvgIpc) is 2.56. The zero-order valence-corrected chi connectivity index (χ0v) is 15.5. The van der Waals surface area contributed by atoms with Gasteiger partial charge in [-0.2, -0.15) is 0 Å². The first-order chi connectivity index (χ1) is 11.5. The molecule has 1 aromatic carbocycles. The molecule has 2 fully saturated rings. The second kappa shape index (κ2) is 7.98. The van der Waals surface area contributed by atoms with Crippen LogP contribution in [0.5, 0.6) is 0 Å². The summed E-state index contributed by atoms with van der Waals surface area (Å²) in [6.07, 6.45) is 4.66. The number of rotatable bonds is 5. The monoisotopic (exact) mass is 350 g/mol. The summed E-state index contributed by atoms with van der Waals surface area (Å²) in [5, 5.41) is 0. The Bertz CT molecular complexity index is 610. The molecule has 0 aromatic heterocycles. The lowest BCUT2D eigenvalue weighted by Crippen LogP contribution is -2.43. The minimum Gasteiger partial charge on any atom is -0.303 e. The highest BCUT2D eigenvalue weighted by Gasteiger charge is 2.29. The first kappa shape index (κ1) is 17.9. The molecule has 0 aliphatic carbocycles. The maximum Gasteiger partial charge on any atom is 0.218 e. The van der Waals surface area contributed by atoms with Crippen LogP contribution in [-0.4, -0.2) is 50.3 Å². The molecule has 4 nitrogen and oxygen atoms in total. The second-order valence-electron chi connectivity index (χ2n) is 7.59. The van der Waals surface area contributed by atoms with Gasteiger partial charge in [0.15, 0.2) is 0 Å². The Morgan fingerprint density at radius 3 is 2.42 bits per heavy atom. The van der Waals surface area contributed by atoms with Crippen molar-refractivity contribution in [2.45, 2.75) is 38.4 Å². The van der Waals surface area contributed by atoms with Crippen LogP contribution in [-0.2, 0) is 15.8 Å². The molecule has 0 unspecified atom stereocenters. The third-order valence-corrected chi connectivity index (χ3v) is 7.27. The number of likely N-dealkylation sites (tertiary alicyclic amines) is 1. The van der Waals surface area contributed by atoms with Crippen molar-refractivity contribution >= 4 is 10.0 Å². The topological polar surface area (TPSA) is 40.6 Å². The summed E-state index contributed by atoms with van der Waals surface area (Å²) in [5.74, 6) is 1.59. The van der Waals surface area contributed by atoms with E-state index in [0.29, 0.717) is 19.0 Å². The van der Waals surface area contributed by atoms with Crippen LogP contribution < -0.4 is 0 Å². The normalized spacial score (nSPS) is 25.0. The van der Waals surface area contributed by atoms with Crippen LogP contribution in [0.25, 0.3) is 0 Å². The molecule has 2 heterocycles. The van der Waals surface area contributed by atoms with Gasteiger partial charge < -0.3 is 4.90 Å². The molecule has 2 aliphatic rings. The molecule has 1 atom stereocenters. The highest BCUT2D eigenvalue weighted by atomic mass is 32.2. The summed E-state index contributed by atoms with van der Waals surface area (Å²) in [4.78, 5) is 2.59. The van der Waals surface area contributed by atoms with Crippen molar-refractivity contribution < 1.29 is 8.42 Å². The van der Waals surface area contributed by atoms with E-state index < -0.39 is 10.0 Å². The average molecular weight is 351 g/mol. The smallest absolute Gasteiger partial charge is 0.218 e. The van der Waals surface area contributed by atoms with Gasteiger partial charge in [0.05, 0.1) is 5.75 Å². The van der Waals surface area contributed by atoms with Gasteiger partial charge in [0.1, 0.15) is 0 Å². The first-order valence-electron chi connectivity index (χ1n) is 9.27. The van der Waals surface area contributed by atoms with Crippen LogP contribution in [0.3, 0.4) is 0 Å². The molecule has 0 N–H and O–H groups in total.